The topological polar surface area (TPSA) is 69.6 Å². The van der Waals surface area contributed by atoms with Gasteiger partial charge in [-0.3, -0.25) is 4.90 Å². The van der Waals surface area contributed by atoms with Crippen LogP contribution in [0.3, 0.4) is 0 Å². The second-order valence-corrected chi connectivity index (χ2v) is 5.28. The lowest BCUT2D eigenvalue weighted by atomic mass is 10.1. The molecule has 3 heterocycles. The molecule has 102 valence electrons. The quantitative estimate of drug-likeness (QED) is 0.849. The van der Waals surface area contributed by atoms with Crippen LogP contribution in [-0.4, -0.2) is 58.2 Å². The number of hydrogen-bond acceptors (Lipinski definition) is 5. The Labute approximate surface area is 112 Å². The molecule has 0 spiro atoms. The van der Waals surface area contributed by atoms with Crippen LogP contribution in [0.2, 0.25) is 0 Å². The number of aryl methyl sites for hydroxylation is 1. The highest BCUT2D eigenvalue weighted by molar-refractivity contribution is 5.85. The average molecular weight is 262 g/mol. The first-order chi connectivity index (χ1) is 9.13. The number of carbonyl (C=O) groups is 1. The van der Waals surface area contributed by atoms with Crippen molar-refractivity contribution in [3.63, 3.8) is 0 Å². The standard InChI is InChI=1S/C13H18N4O2/c1-9-7-11(12(18)19)15-13(14-9)17-6-5-16-4-2-3-10(16)8-17/h7,10H,2-6,8H2,1H3,(H,18,19). The fraction of sp³-hybridized carbons (Fsp3) is 0.615. The number of carboxylic acids is 1. The van der Waals surface area contributed by atoms with Crippen LogP contribution in [-0.2, 0) is 0 Å². The van der Waals surface area contributed by atoms with E-state index in [-0.39, 0.29) is 5.69 Å². The lowest BCUT2D eigenvalue weighted by Gasteiger charge is -2.37. The first-order valence-corrected chi connectivity index (χ1v) is 6.71. The molecule has 6 heteroatoms. The first-order valence-electron chi connectivity index (χ1n) is 6.71. The zero-order valence-corrected chi connectivity index (χ0v) is 11.0. The third-order valence-electron chi connectivity index (χ3n) is 3.93. The summed E-state index contributed by atoms with van der Waals surface area (Å²) in [5, 5.41) is 9.07. The van der Waals surface area contributed by atoms with E-state index in [1.807, 2.05) is 6.92 Å². The largest absolute Gasteiger partial charge is 0.477 e. The number of nitrogens with zero attached hydrogens (tertiary/aromatic N) is 4. The molecule has 0 amide bonds. The number of aromatic nitrogens is 2. The fourth-order valence-corrected chi connectivity index (χ4v) is 2.98. The number of fused-ring (bicyclic) bond motifs is 1. The number of hydrogen-bond donors (Lipinski definition) is 1. The van der Waals surface area contributed by atoms with Gasteiger partial charge in [0, 0.05) is 31.4 Å². The van der Waals surface area contributed by atoms with E-state index in [0.29, 0.717) is 17.7 Å². The maximum absolute atomic E-state index is 11.1. The van der Waals surface area contributed by atoms with E-state index in [9.17, 15) is 4.79 Å². The molecule has 1 aromatic rings. The average Bonchev–Trinajstić information content (AvgIpc) is 2.85. The van der Waals surface area contributed by atoms with Crippen molar-refractivity contribution in [2.75, 3.05) is 31.1 Å². The summed E-state index contributed by atoms with van der Waals surface area (Å²) in [6.07, 6.45) is 2.47. The smallest absolute Gasteiger partial charge is 0.354 e. The third kappa shape index (κ3) is 2.40. The summed E-state index contributed by atoms with van der Waals surface area (Å²) in [5.41, 5.74) is 0.785. The normalized spacial score (nSPS) is 23.4. The summed E-state index contributed by atoms with van der Waals surface area (Å²) in [7, 11) is 0. The minimum absolute atomic E-state index is 0.0800. The van der Waals surface area contributed by atoms with Gasteiger partial charge in [0.1, 0.15) is 0 Å². The summed E-state index contributed by atoms with van der Waals surface area (Å²) in [6, 6.07) is 2.09. The van der Waals surface area contributed by atoms with Gasteiger partial charge in [-0.1, -0.05) is 0 Å². The molecule has 0 saturated carbocycles. The Morgan fingerprint density at radius 2 is 2.21 bits per heavy atom. The van der Waals surface area contributed by atoms with Crippen LogP contribution in [0.25, 0.3) is 0 Å². The van der Waals surface area contributed by atoms with Gasteiger partial charge >= 0.3 is 5.97 Å². The Morgan fingerprint density at radius 1 is 1.37 bits per heavy atom. The van der Waals surface area contributed by atoms with E-state index in [1.54, 1.807) is 0 Å². The summed E-state index contributed by atoms with van der Waals surface area (Å²) in [6.45, 7) is 5.79. The molecule has 2 saturated heterocycles. The van der Waals surface area contributed by atoms with Crippen molar-refractivity contribution in [1.29, 1.82) is 0 Å². The second kappa shape index (κ2) is 4.77. The minimum atomic E-state index is -0.994. The number of anilines is 1. The third-order valence-corrected chi connectivity index (χ3v) is 3.93. The number of carboxylic acid groups (broad SMARTS) is 1. The van der Waals surface area contributed by atoms with Crippen molar-refractivity contribution in [2.45, 2.75) is 25.8 Å². The molecule has 6 nitrogen and oxygen atoms in total. The molecule has 0 bridgehead atoms. The van der Waals surface area contributed by atoms with E-state index < -0.39 is 5.97 Å². The molecule has 1 N–H and O–H groups in total. The maximum atomic E-state index is 11.1. The molecule has 1 atom stereocenters. The van der Waals surface area contributed by atoms with Gasteiger partial charge in [0.25, 0.3) is 0 Å². The van der Waals surface area contributed by atoms with E-state index in [2.05, 4.69) is 19.8 Å². The van der Waals surface area contributed by atoms with Crippen LogP contribution in [0.5, 0.6) is 0 Å². The summed E-state index contributed by atoms with van der Waals surface area (Å²) in [5.74, 6) is -0.435. The summed E-state index contributed by atoms with van der Waals surface area (Å²) < 4.78 is 0. The van der Waals surface area contributed by atoms with E-state index in [1.165, 1.54) is 25.5 Å². The Bertz CT molecular complexity index is 505. The predicted molar refractivity (Wildman–Crippen MR) is 70.5 cm³/mol. The molecular formula is C13H18N4O2. The predicted octanol–water partition coefficient (Wildman–Crippen LogP) is 0.768. The number of rotatable bonds is 2. The van der Waals surface area contributed by atoms with Crippen LogP contribution in [0.15, 0.2) is 6.07 Å². The lowest BCUT2D eigenvalue weighted by Crippen LogP contribution is -2.50. The Morgan fingerprint density at radius 3 is 3.00 bits per heavy atom. The molecular weight excluding hydrogens is 244 g/mol. The van der Waals surface area contributed by atoms with Crippen LogP contribution in [0, 0.1) is 6.92 Å². The maximum Gasteiger partial charge on any atom is 0.354 e. The van der Waals surface area contributed by atoms with Crippen molar-refractivity contribution < 1.29 is 9.90 Å². The molecule has 0 aliphatic carbocycles. The zero-order valence-electron chi connectivity index (χ0n) is 11.0. The van der Waals surface area contributed by atoms with Crippen molar-refractivity contribution in [2.24, 2.45) is 0 Å². The van der Waals surface area contributed by atoms with Crippen LogP contribution in [0.4, 0.5) is 5.95 Å². The molecule has 1 unspecified atom stereocenters. The molecule has 0 aromatic carbocycles. The van der Waals surface area contributed by atoms with Crippen LogP contribution >= 0.6 is 0 Å². The molecule has 1 aromatic heterocycles. The van der Waals surface area contributed by atoms with Gasteiger partial charge in [0.05, 0.1) is 0 Å². The Kier molecular flexibility index (Phi) is 3.10. The minimum Gasteiger partial charge on any atom is -0.477 e. The van der Waals surface area contributed by atoms with Crippen molar-refractivity contribution >= 4 is 11.9 Å². The number of aromatic carboxylic acids is 1. The van der Waals surface area contributed by atoms with Gasteiger partial charge in [-0.25, -0.2) is 14.8 Å². The van der Waals surface area contributed by atoms with E-state index in [4.69, 9.17) is 5.11 Å². The van der Waals surface area contributed by atoms with Crippen molar-refractivity contribution in [1.82, 2.24) is 14.9 Å². The highest BCUT2D eigenvalue weighted by Crippen LogP contribution is 2.23. The lowest BCUT2D eigenvalue weighted by molar-refractivity contribution is 0.0690. The van der Waals surface area contributed by atoms with Gasteiger partial charge in [-0.15, -0.1) is 0 Å². The first kappa shape index (κ1) is 12.3. The molecule has 19 heavy (non-hydrogen) atoms. The van der Waals surface area contributed by atoms with Gasteiger partial charge in [0.15, 0.2) is 5.69 Å². The van der Waals surface area contributed by atoms with E-state index >= 15 is 0 Å². The van der Waals surface area contributed by atoms with Crippen molar-refractivity contribution in [3.05, 3.63) is 17.5 Å². The zero-order chi connectivity index (χ0) is 13.4. The van der Waals surface area contributed by atoms with Crippen molar-refractivity contribution in [3.8, 4) is 0 Å². The number of piperazine rings is 1. The van der Waals surface area contributed by atoms with Gasteiger partial charge in [-0.2, -0.15) is 0 Å². The highest BCUT2D eigenvalue weighted by atomic mass is 16.4. The molecule has 2 aliphatic rings. The second-order valence-electron chi connectivity index (χ2n) is 5.28. The van der Waals surface area contributed by atoms with Gasteiger partial charge in [0.2, 0.25) is 5.95 Å². The molecule has 3 rings (SSSR count). The van der Waals surface area contributed by atoms with Gasteiger partial charge in [-0.05, 0) is 32.4 Å². The molecule has 0 radical (unpaired) electrons. The Balaban J connectivity index is 1.83. The Hall–Kier alpha value is -1.69. The summed E-state index contributed by atoms with van der Waals surface area (Å²) >= 11 is 0. The van der Waals surface area contributed by atoms with E-state index in [0.717, 1.165) is 19.6 Å². The SMILES string of the molecule is Cc1cc(C(=O)O)nc(N2CCN3CCCC3C2)n1. The van der Waals surface area contributed by atoms with Crippen LogP contribution in [0.1, 0.15) is 29.0 Å². The summed E-state index contributed by atoms with van der Waals surface area (Å²) in [4.78, 5) is 24.2. The molecule has 2 fully saturated rings. The fourth-order valence-electron chi connectivity index (χ4n) is 2.98. The van der Waals surface area contributed by atoms with Gasteiger partial charge < -0.3 is 10.0 Å². The molecule has 2 aliphatic heterocycles. The van der Waals surface area contributed by atoms with Crippen LogP contribution < -0.4 is 4.90 Å². The monoisotopic (exact) mass is 262 g/mol. The highest BCUT2D eigenvalue weighted by Gasteiger charge is 2.31.